The maximum Gasteiger partial charge on any atom is 0.328 e. The van der Waals surface area contributed by atoms with Crippen molar-refractivity contribution < 1.29 is 19.1 Å². The van der Waals surface area contributed by atoms with Crippen molar-refractivity contribution >= 4 is 29.3 Å². The molecule has 2 aromatic rings. The predicted molar refractivity (Wildman–Crippen MR) is 75.7 cm³/mol. The summed E-state index contributed by atoms with van der Waals surface area (Å²) in [4.78, 5) is 23.0. The van der Waals surface area contributed by atoms with Crippen LogP contribution in [0.2, 0.25) is 0 Å². The van der Waals surface area contributed by atoms with E-state index < -0.39 is 5.97 Å². The molecule has 0 aliphatic carbocycles. The number of carboxylic acids is 1. The molecular weight excluding hydrogens is 278 g/mol. The van der Waals surface area contributed by atoms with Gasteiger partial charge in [-0.25, -0.2) is 4.79 Å². The van der Waals surface area contributed by atoms with E-state index in [0.29, 0.717) is 23.4 Å². The van der Waals surface area contributed by atoms with E-state index in [2.05, 4.69) is 5.32 Å². The van der Waals surface area contributed by atoms with Gasteiger partial charge in [0.1, 0.15) is 5.76 Å². The van der Waals surface area contributed by atoms with Gasteiger partial charge in [-0.3, -0.25) is 4.79 Å². The average molecular weight is 291 g/mol. The molecule has 0 fully saturated rings. The van der Waals surface area contributed by atoms with Gasteiger partial charge in [-0.1, -0.05) is 0 Å². The molecule has 0 aliphatic heterocycles. The lowest BCUT2D eigenvalue weighted by molar-refractivity contribution is -0.131. The minimum absolute atomic E-state index is 0.211. The SMILES string of the molecule is O=C(O)C=Cc1ccsc1C(=O)NCCc1ccco1. The molecule has 0 saturated carbocycles. The Morgan fingerprint density at radius 3 is 2.95 bits per heavy atom. The summed E-state index contributed by atoms with van der Waals surface area (Å²) in [6.45, 7) is 0.465. The molecular formula is C14H13NO4S. The number of aliphatic carboxylic acids is 1. The molecule has 1 amide bonds. The number of thiophene rings is 1. The van der Waals surface area contributed by atoms with Gasteiger partial charge in [-0.05, 0) is 35.2 Å². The smallest absolute Gasteiger partial charge is 0.328 e. The van der Waals surface area contributed by atoms with E-state index in [4.69, 9.17) is 9.52 Å². The van der Waals surface area contributed by atoms with Crippen molar-refractivity contribution in [3.05, 3.63) is 52.1 Å². The molecule has 0 unspecified atom stereocenters. The first-order chi connectivity index (χ1) is 9.66. The van der Waals surface area contributed by atoms with Crippen LogP contribution in [0.15, 0.2) is 40.3 Å². The second-order valence-electron chi connectivity index (χ2n) is 3.96. The van der Waals surface area contributed by atoms with Gasteiger partial charge in [0.25, 0.3) is 5.91 Å². The van der Waals surface area contributed by atoms with Crippen molar-refractivity contribution in [1.29, 1.82) is 0 Å². The summed E-state index contributed by atoms with van der Waals surface area (Å²) in [6.07, 6.45) is 4.64. The number of rotatable bonds is 6. The number of nitrogens with one attached hydrogen (secondary N) is 1. The zero-order valence-corrected chi connectivity index (χ0v) is 11.4. The van der Waals surface area contributed by atoms with Crippen molar-refractivity contribution in [3.8, 4) is 0 Å². The highest BCUT2D eigenvalue weighted by Gasteiger charge is 2.11. The van der Waals surface area contributed by atoms with Gasteiger partial charge >= 0.3 is 5.97 Å². The van der Waals surface area contributed by atoms with Crippen molar-refractivity contribution in [1.82, 2.24) is 5.32 Å². The minimum atomic E-state index is -1.04. The maximum atomic E-state index is 12.0. The van der Waals surface area contributed by atoms with Crippen molar-refractivity contribution in [2.75, 3.05) is 6.54 Å². The molecule has 0 bridgehead atoms. The van der Waals surface area contributed by atoms with Gasteiger partial charge < -0.3 is 14.8 Å². The van der Waals surface area contributed by atoms with E-state index in [-0.39, 0.29) is 5.91 Å². The molecule has 2 heterocycles. The zero-order chi connectivity index (χ0) is 14.4. The Hall–Kier alpha value is -2.34. The molecule has 2 aromatic heterocycles. The molecule has 0 aliphatic rings. The number of carbonyl (C=O) groups excluding carboxylic acids is 1. The fourth-order valence-electron chi connectivity index (χ4n) is 1.63. The van der Waals surface area contributed by atoms with Crippen molar-refractivity contribution in [2.24, 2.45) is 0 Å². The standard InChI is InChI=1S/C14H13NO4S/c16-12(17)4-3-10-6-9-20-13(10)14(18)15-7-5-11-2-1-8-19-11/h1-4,6,8-9H,5,7H2,(H,15,18)(H,16,17). The predicted octanol–water partition coefficient (Wildman–Crippen LogP) is 2.41. The first kappa shape index (κ1) is 14.1. The van der Waals surface area contributed by atoms with Gasteiger partial charge in [0.05, 0.1) is 11.1 Å². The van der Waals surface area contributed by atoms with Crippen LogP contribution in [0.4, 0.5) is 0 Å². The number of hydrogen-bond donors (Lipinski definition) is 2. The summed E-state index contributed by atoms with van der Waals surface area (Å²) in [5.41, 5.74) is 0.605. The first-order valence-corrected chi connectivity index (χ1v) is 6.84. The lowest BCUT2D eigenvalue weighted by atomic mass is 10.2. The summed E-state index contributed by atoms with van der Waals surface area (Å²) in [6, 6.07) is 5.36. The molecule has 0 atom stereocenters. The molecule has 0 spiro atoms. The topological polar surface area (TPSA) is 79.5 Å². The van der Waals surface area contributed by atoms with E-state index in [9.17, 15) is 9.59 Å². The van der Waals surface area contributed by atoms with Crippen molar-refractivity contribution in [2.45, 2.75) is 6.42 Å². The highest BCUT2D eigenvalue weighted by molar-refractivity contribution is 7.12. The van der Waals surface area contributed by atoms with Gasteiger partial charge in [-0.15, -0.1) is 11.3 Å². The number of carbonyl (C=O) groups is 2. The monoisotopic (exact) mass is 291 g/mol. The fraction of sp³-hybridized carbons (Fsp3) is 0.143. The van der Waals surface area contributed by atoms with Crippen LogP contribution in [0.25, 0.3) is 6.08 Å². The van der Waals surface area contributed by atoms with Gasteiger partial charge in [0.2, 0.25) is 0 Å². The number of carboxylic acid groups (broad SMARTS) is 1. The van der Waals surface area contributed by atoms with Crippen LogP contribution in [-0.2, 0) is 11.2 Å². The average Bonchev–Trinajstić information content (AvgIpc) is 3.07. The lowest BCUT2D eigenvalue weighted by Gasteiger charge is -2.03. The highest BCUT2D eigenvalue weighted by atomic mass is 32.1. The van der Waals surface area contributed by atoms with E-state index in [1.54, 1.807) is 23.8 Å². The van der Waals surface area contributed by atoms with E-state index in [1.807, 2.05) is 6.07 Å². The van der Waals surface area contributed by atoms with Gasteiger partial charge in [-0.2, -0.15) is 0 Å². The summed E-state index contributed by atoms with van der Waals surface area (Å²) in [7, 11) is 0. The Morgan fingerprint density at radius 2 is 2.25 bits per heavy atom. The Kier molecular flexibility index (Phi) is 4.73. The zero-order valence-electron chi connectivity index (χ0n) is 10.5. The second-order valence-corrected chi connectivity index (χ2v) is 4.88. The van der Waals surface area contributed by atoms with Crippen LogP contribution in [-0.4, -0.2) is 23.5 Å². The third-order valence-electron chi connectivity index (χ3n) is 2.54. The minimum Gasteiger partial charge on any atom is -0.478 e. The largest absolute Gasteiger partial charge is 0.478 e. The number of amides is 1. The normalized spacial score (nSPS) is 10.8. The summed E-state index contributed by atoms with van der Waals surface area (Å²) in [5, 5.41) is 13.1. The summed E-state index contributed by atoms with van der Waals surface area (Å²) >= 11 is 1.28. The summed E-state index contributed by atoms with van der Waals surface area (Å²) < 4.78 is 5.17. The quantitative estimate of drug-likeness (QED) is 0.801. The van der Waals surface area contributed by atoms with Crippen LogP contribution in [0.3, 0.4) is 0 Å². The molecule has 20 heavy (non-hydrogen) atoms. The third-order valence-corrected chi connectivity index (χ3v) is 3.47. The Morgan fingerprint density at radius 1 is 1.40 bits per heavy atom. The molecule has 2 N–H and O–H groups in total. The van der Waals surface area contributed by atoms with E-state index in [1.165, 1.54) is 17.4 Å². The number of furan rings is 1. The molecule has 0 radical (unpaired) electrons. The molecule has 6 heteroatoms. The fourth-order valence-corrected chi connectivity index (χ4v) is 2.43. The lowest BCUT2D eigenvalue weighted by Crippen LogP contribution is -2.25. The van der Waals surface area contributed by atoms with Gasteiger partial charge in [0.15, 0.2) is 0 Å². The first-order valence-electron chi connectivity index (χ1n) is 5.96. The van der Waals surface area contributed by atoms with Crippen molar-refractivity contribution in [3.63, 3.8) is 0 Å². The Bertz CT molecular complexity index is 613. The molecule has 104 valence electrons. The Labute approximate surface area is 119 Å². The number of hydrogen-bond acceptors (Lipinski definition) is 4. The van der Waals surface area contributed by atoms with E-state index in [0.717, 1.165) is 11.8 Å². The van der Waals surface area contributed by atoms with Crippen LogP contribution >= 0.6 is 11.3 Å². The highest BCUT2D eigenvalue weighted by Crippen LogP contribution is 2.18. The second kappa shape index (κ2) is 6.72. The van der Waals surface area contributed by atoms with Crippen LogP contribution in [0.1, 0.15) is 21.0 Å². The molecule has 2 rings (SSSR count). The van der Waals surface area contributed by atoms with E-state index >= 15 is 0 Å². The third kappa shape index (κ3) is 3.83. The molecule has 0 saturated heterocycles. The van der Waals surface area contributed by atoms with Gasteiger partial charge in [0, 0.05) is 19.0 Å². The summed E-state index contributed by atoms with van der Waals surface area (Å²) in [5.74, 6) is -0.445. The molecule has 5 nitrogen and oxygen atoms in total. The maximum absolute atomic E-state index is 12.0. The van der Waals surface area contributed by atoms with Crippen LogP contribution in [0, 0.1) is 0 Å². The van der Waals surface area contributed by atoms with Crippen LogP contribution in [0.5, 0.6) is 0 Å². The van der Waals surface area contributed by atoms with Crippen LogP contribution < -0.4 is 5.32 Å². The Balaban J connectivity index is 1.92. The molecule has 0 aromatic carbocycles.